The zero-order valence-corrected chi connectivity index (χ0v) is 9.81. The second-order valence-electron chi connectivity index (χ2n) is 3.19. The van der Waals surface area contributed by atoms with E-state index in [9.17, 15) is 4.79 Å². The van der Waals surface area contributed by atoms with E-state index in [2.05, 4.69) is 20.6 Å². The highest BCUT2D eigenvalue weighted by molar-refractivity contribution is 7.99. The van der Waals surface area contributed by atoms with E-state index in [-0.39, 0.29) is 0 Å². The number of rotatable bonds is 3. The molecule has 1 aromatic heterocycles. The van der Waals surface area contributed by atoms with Crippen molar-refractivity contribution in [3.05, 3.63) is 24.3 Å². The van der Waals surface area contributed by atoms with Crippen molar-refractivity contribution in [3.63, 3.8) is 0 Å². The number of carbonyl (C=O) groups is 1. The van der Waals surface area contributed by atoms with Crippen molar-refractivity contribution < 1.29 is 4.79 Å². The fourth-order valence-corrected chi connectivity index (χ4v) is 1.89. The van der Waals surface area contributed by atoms with Crippen molar-refractivity contribution in [2.24, 2.45) is 5.73 Å². The number of H-pyrrole nitrogens is 1. The molecule has 0 saturated carbocycles. The Morgan fingerprint density at radius 2 is 2.35 bits per heavy atom. The predicted octanol–water partition coefficient (Wildman–Crippen LogP) is 0.866. The molecule has 17 heavy (non-hydrogen) atoms. The van der Waals surface area contributed by atoms with Gasteiger partial charge in [-0.3, -0.25) is 4.90 Å². The monoisotopic (exact) mass is 250 g/mol. The van der Waals surface area contributed by atoms with E-state index in [4.69, 9.17) is 5.73 Å². The molecule has 0 aliphatic heterocycles. The van der Waals surface area contributed by atoms with Crippen LogP contribution < -0.4 is 10.6 Å². The summed E-state index contributed by atoms with van der Waals surface area (Å²) in [4.78, 5) is 13.3. The lowest BCUT2D eigenvalue weighted by atomic mass is 10.3. The number of carbonyl (C=O) groups excluding carboxylic acids is 1. The minimum atomic E-state index is -0.508. The number of nitrogens with two attached hydrogens (primary N) is 1. The van der Waals surface area contributed by atoms with Crippen molar-refractivity contribution >= 4 is 23.5 Å². The van der Waals surface area contributed by atoms with Gasteiger partial charge in [-0.25, -0.2) is 4.79 Å². The number of benzene rings is 1. The van der Waals surface area contributed by atoms with Crippen molar-refractivity contribution in [1.29, 1.82) is 0 Å². The van der Waals surface area contributed by atoms with Gasteiger partial charge in [0.15, 0.2) is 0 Å². The van der Waals surface area contributed by atoms with Crippen LogP contribution in [0.4, 0.5) is 10.5 Å². The van der Waals surface area contributed by atoms with Crippen LogP contribution in [0, 0.1) is 0 Å². The molecule has 1 aromatic carbocycles. The molecule has 2 rings (SSSR count). The van der Waals surface area contributed by atoms with Crippen molar-refractivity contribution in [2.75, 3.05) is 11.9 Å². The largest absolute Gasteiger partial charge is 0.351 e. The Kier molecular flexibility index (Phi) is 3.24. The fourth-order valence-electron chi connectivity index (χ4n) is 1.18. The number of amides is 2. The van der Waals surface area contributed by atoms with Gasteiger partial charge >= 0.3 is 6.03 Å². The average molecular weight is 250 g/mol. The third-order valence-electron chi connectivity index (χ3n) is 2.07. The zero-order valence-electron chi connectivity index (χ0n) is 8.99. The molecular weight excluding hydrogens is 240 g/mol. The predicted molar refractivity (Wildman–Crippen MR) is 62.7 cm³/mol. The highest BCUT2D eigenvalue weighted by Gasteiger charge is 2.08. The molecule has 88 valence electrons. The molecule has 2 aromatic rings. The van der Waals surface area contributed by atoms with Crippen LogP contribution in [-0.2, 0) is 0 Å². The number of hydrogen-bond donors (Lipinski definition) is 2. The Morgan fingerprint density at radius 3 is 3.00 bits per heavy atom. The van der Waals surface area contributed by atoms with E-state index in [0.717, 1.165) is 4.90 Å². The summed E-state index contributed by atoms with van der Waals surface area (Å²) in [6.45, 7) is 0. The summed E-state index contributed by atoms with van der Waals surface area (Å²) in [5, 5.41) is 14.0. The highest BCUT2D eigenvalue weighted by Crippen LogP contribution is 2.26. The number of aromatic amines is 1. The first-order chi connectivity index (χ1) is 8.16. The van der Waals surface area contributed by atoms with E-state index in [1.807, 2.05) is 18.2 Å². The molecule has 7 nitrogen and oxygen atoms in total. The third-order valence-corrected chi connectivity index (χ3v) is 2.92. The molecule has 0 aliphatic rings. The standard InChI is InChI=1S/C9H10N6OS/c1-15(8(10)16)6-3-2-4-7(5-6)17-9-11-13-14-12-9/h2-5H,1H3,(H2,10,16)(H,11,12,13,14). The molecule has 0 fully saturated rings. The van der Waals surface area contributed by atoms with Gasteiger partial charge in [-0.05, 0) is 35.2 Å². The lowest BCUT2D eigenvalue weighted by Crippen LogP contribution is -2.31. The maximum atomic E-state index is 11.0. The SMILES string of the molecule is CN(C(N)=O)c1cccc(Sc2nn[nH]n2)c1. The van der Waals surface area contributed by atoms with Gasteiger partial charge in [0.2, 0.25) is 5.16 Å². The molecule has 0 bridgehead atoms. The highest BCUT2D eigenvalue weighted by atomic mass is 32.2. The molecule has 0 unspecified atom stereocenters. The van der Waals surface area contributed by atoms with Gasteiger partial charge in [0.25, 0.3) is 0 Å². The number of anilines is 1. The maximum absolute atomic E-state index is 11.0. The molecule has 2 amide bonds. The minimum Gasteiger partial charge on any atom is -0.351 e. The normalized spacial score (nSPS) is 10.2. The summed E-state index contributed by atoms with van der Waals surface area (Å²) >= 11 is 1.34. The fraction of sp³-hybridized carbons (Fsp3) is 0.111. The Labute approximate surface area is 101 Å². The number of primary amides is 1. The smallest absolute Gasteiger partial charge is 0.318 e. The van der Waals surface area contributed by atoms with Gasteiger partial charge in [-0.2, -0.15) is 5.21 Å². The van der Waals surface area contributed by atoms with E-state index in [0.29, 0.717) is 10.8 Å². The zero-order chi connectivity index (χ0) is 12.3. The summed E-state index contributed by atoms with van der Waals surface area (Å²) in [5.41, 5.74) is 5.91. The first-order valence-electron chi connectivity index (χ1n) is 4.71. The van der Waals surface area contributed by atoms with Gasteiger partial charge in [-0.1, -0.05) is 6.07 Å². The van der Waals surface area contributed by atoms with Gasteiger partial charge in [-0.15, -0.1) is 10.2 Å². The number of tetrazole rings is 1. The van der Waals surface area contributed by atoms with Crippen LogP contribution in [0.2, 0.25) is 0 Å². The Balaban J connectivity index is 2.19. The van der Waals surface area contributed by atoms with Crippen LogP contribution in [0.25, 0.3) is 0 Å². The Hall–Kier alpha value is -2.09. The molecule has 0 spiro atoms. The molecule has 3 N–H and O–H groups in total. The summed E-state index contributed by atoms with van der Waals surface area (Å²) < 4.78 is 0. The first kappa shape index (κ1) is 11.4. The lowest BCUT2D eigenvalue weighted by molar-refractivity contribution is 0.255. The van der Waals surface area contributed by atoms with Crippen LogP contribution in [0.1, 0.15) is 0 Å². The summed E-state index contributed by atoms with van der Waals surface area (Å²) in [5.74, 6) is 0. The van der Waals surface area contributed by atoms with Crippen LogP contribution >= 0.6 is 11.8 Å². The number of urea groups is 1. The Morgan fingerprint density at radius 1 is 1.53 bits per heavy atom. The minimum absolute atomic E-state index is 0.508. The topological polar surface area (TPSA) is 101 Å². The third kappa shape index (κ3) is 2.72. The molecule has 0 aliphatic carbocycles. The van der Waals surface area contributed by atoms with Crippen LogP contribution in [0.5, 0.6) is 0 Å². The average Bonchev–Trinajstić information content (AvgIpc) is 2.81. The van der Waals surface area contributed by atoms with E-state index in [1.54, 1.807) is 13.1 Å². The van der Waals surface area contributed by atoms with Crippen molar-refractivity contribution in [2.45, 2.75) is 10.1 Å². The number of nitrogens with one attached hydrogen (secondary N) is 1. The number of aromatic nitrogens is 4. The molecule has 0 saturated heterocycles. The van der Waals surface area contributed by atoms with Crippen molar-refractivity contribution in [1.82, 2.24) is 20.6 Å². The summed E-state index contributed by atoms with van der Waals surface area (Å²) in [6.07, 6.45) is 0. The molecule has 0 atom stereocenters. The lowest BCUT2D eigenvalue weighted by Gasteiger charge is -2.14. The number of hydrogen-bond acceptors (Lipinski definition) is 5. The summed E-state index contributed by atoms with van der Waals surface area (Å²) in [7, 11) is 1.61. The maximum Gasteiger partial charge on any atom is 0.318 e. The number of nitrogens with zero attached hydrogens (tertiary/aromatic N) is 4. The van der Waals surface area contributed by atoms with Gasteiger partial charge in [0, 0.05) is 17.6 Å². The first-order valence-corrected chi connectivity index (χ1v) is 5.53. The van der Waals surface area contributed by atoms with Gasteiger partial charge in [0.05, 0.1) is 0 Å². The molecular formula is C9H10N6OS. The van der Waals surface area contributed by atoms with Gasteiger partial charge < -0.3 is 5.73 Å². The Bertz CT molecular complexity index is 514. The van der Waals surface area contributed by atoms with Crippen LogP contribution in [0.3, 0.4) is 0 Å². The second-order valence-corrected chi connectivity index (χ2v) is 4.23. The van der Waals surface area contributed by atoms with E-state index in [1.165, 1.54) is 16.7 Å². The molecule has 0 radical (unpaired) electrons. The van der Waals surface area contributed by atoms with Gasteiger partial charge in [0.1, 0.15) is 0 Å². The quantitative estimate of drug-likeness (QED) is 0.841. The van der Waals surface area contributed by atoms with E-state index >= 15 is 0 Å². The van der Waals surface area contributed by atoms with Crippen LogP contribution in [0.15, 0.2) is 34.3 Å². The second kappa shape index (κ2) is 4.83. The van der Waals surface area contributed by atoms with Crippen molar-refractivity contribution in [3.8, 4) is 0 Å². The van der Waals surface area contributed by atoms with E-state index < -0.39 is 6.03 Å². The van der Waals surface area contributed by atoms with Crippen LogP contribution in [-0.4, -0.2) is 33.7 Å². The summed E-state index contributed by atoms with van der Waals surface area (Å²) in [6, 6.07) is 6.83. The molecule has 1 heterocycles. The molecule has 8 heteroatoms.